The van der Waals surface area contributed by atoms with Crippen LogP contribution >= 0.6 is 0 Å². The fraction of sp³-hybridized carbons (Fsp3) is 0.222. The molecule has 7 heteroatoms. The van der Waals surface area contributed by atoms with Crippen molar-refractivity contribution >= 4 is 0 Å². The number of hydrogen-bond acceptors (Lipinski definition) is 5. The first-order valence-electron chi connectivity index (χ1n) is 7.64. The number of para-hydroxylation sites is 1. The molecule has 0 bridgehead atoms. The highest BCUT2D eigenvalue weighted by molar-refractivity contribution is 5.68. The molecule has 25 heavy (non-hydrogen) atoms. The van der Waals surface area contributed by atoms with Crippen molar-refractivity contribution in [3.63, 3.8) is 0 Å². The Morgan fingerprint density at radius 2 is 1.64 bits per heavy atom. The van der Waals surface area contributed by atoms with Crippen LogP contribution in [0.3, 0.4) is 0 Å². The smallest absolute Gasteiger partial charge is 0.348 e. The first-order valence-corrected chi connectivity index (χ1v) is 7.64. The average molecular weight is 341 g/mol. The normalized spacial score (nSPS) is 10.6. The van der Waals surface area contributed by atoms with Gasteiger partial charge in [-0.25, -0.2) is 14.5 Å². The van der Waals surface area contributed by atoms with E-state index >= 15 is 0 Å². The Labute approximate surface area is 144 Å². The summed E-state index contributed by atoms with van der Waals surface area (Å²) >= 11 is 0. The summed E-state index contributed by atoms with van der Waals surface area (Å²) in [7, 11) is 4.62. The van der Waals surface area contributed by atoms with Gasteiger partial charge in [0.1, 0.15) is 0 Å². The maximum Gasteiger partial charge on any atom is 0.348 e. The molecule has 0 radical (unpaired) electrons. The SMILES string of the molecule is COc1cc(-c2n[nH]c(=O)n2-c2ccccc2C)cc(OC)c1OC. The third-order valence-corrected chi connectivity index (χ3v) is 3.95. The number of nitrogens with zero attached hydrogens (tertiary/aromatic N) is 2. The molecule has 0 amide bonds. The minimum atomic E-state index is -0.321. The van der Waals surface area contributed by atoms with Gasteiger partial charge in [0.25, 0.3) is 0 Å². The Morgan fingerprint density at radius 1 is 1.00 bits per heavy atom. The van der Waals surface area contributed by atoms with Gasteiger partial charge in [-0.3, -0.25) is 0 Å². The van der Waals surface area contributed by atoms with Gasteiger partial charge < -0.3 is 14.2 Å². The summed E-state index contributed by atoms with van der Waals surface area (Å²) in [5.74, 6) is 1.92. The van der Waals surface area contributed by atoms with Crippen LogP contribution in [0.5, 0.6) is 17.2 Å². The molecule has 1 aromatic heterocycles. The molecule has 0 unspecified atom stereocenters. The van der Waals surface area contributed by atoms with E-state index in [-0.39, 0.29) is 5.69 Å². The Morgan fingerprint density at radius 3 is 2.20 bits per heavy atom. The van der Waals surface area contributed by atoms with Crippen LogP contribution in [0.25, 0.3) is 17.1 Å². The molecule has 0 atom stereocenters. The lowest BCUT2D eigenvalue weighted by molar-refractivity contribution is 0.324. The zero-order chi connectivity index (χ0) is 18.0. The van der Waals surface area contributed by atoms with Crippen molar-refractivity contribution in [3.8, 4) is 34.3 Å². The van der Waals surface area contributed by atoms with E-state index in [9.17, 15) is 4.79 Å². The van der Waals surface area contributed by atoms with Gasteiger partial charge >= 0.3 is 5.69 Å². The Bertz CT molecular complexity index is 934. The van der Waals surface area contributed by atoms with E-state index in [1.165, 1.54) is 11.7 Å². The lowest BCUT2D eigenvalue weighted by atomic mass is 10.1. The van der Waals surface area contributed by atoms with Gasteiger partial charge in [-0.1, -0.05) is 18.2 Å². The molecule has 0 saturated carbocycles. The van der Waals surface area contributed by atoms with Crippen molar-refractivity contribution in [1.29, 1.82) is 0 Å². The summed E-state index contributed by atoms with van der Waals surface area (Å²) in [6, 6.07) is 11.1. The molecule has 130 valence electrons. The molecule has 1 heterocycles. The summed E-state index contributed by atoms with van der Waals surface area (Å²) in [6.07, 6.45) is 0. The number of aromatic nitrogens is 3. The van der Waals surface area contributed by atoms with Crippen LogP contribution in [0.1, 0.15) is 5.56 Å². The van der Waals surface area contributed by atoms with Crippen LogP contribution in [-0.4, -0.2) is 36.1 Å². The van der Waals surface area contributed by atoms with Gasteiger partial charge in [-0.05, 0) is 30.7 Å². The molecule has 2 aromatic carbocycles. The van der Waals surface area contributed by atoms with Crippen molar-refractivity contribution in [1.82, 2.24) is 14.8 Å². The molecular weight excluding hydrogens is 322 g/mol. The van der Waals surface area contributed by atoms with Crippen molar-refractivity contribution in [2.75, 3.05) is 21.3 Å². The summed E-state index contributed by atoms with van der Waals surface area (Å²) in [5.41, 5.74) is 2.05. The Hall–Kier alpha value is -3.22. The minimum Gasteiger partial charge on any atom is -0.493 e. The maximum absolute atomic E-state index is 12.4. The second kappa shape index (κ2) is 6.72. The fourth-order valence-electron chi connectivity index (χ4n) is 2.74. The molecule has 3 rings (SSSR count). The molecule has 0 aliphatic carbocycles. The molecular formula is C18H19N3O4. The zero-order valence-corrected chi connectivity index (χ0v) is 14.5. The minimum absolute atomic E-state index is 0.321. The highest BCUT2D eigenvalue weighted by Crippen LogP contribution is 2.40. The van der Waals surface area contributed by atoms with Gasteiger partial charge in [-0.2, -0.15) is 5.10 Å². The van der Waals surface area contributed by atoms with E-state index in [4.69, 9.17) is 14.2 Å². The number of aryl methyl sites for hydroxylation is 1. The number of benzene rings is 2. The Balaban J connectivity index is 2.26. The summed E-state index contributed by atoms with van der Waals surface area (Å²) in [4.78, 5) is 12.4. The highest BCUT2D eigenvalue weighted by atomic mass is 16.5. The molecule has 0 fully saturated rings. The molecule has 0 aliphatic heterocycles. The predicted molar refractivity (Wildman–Crippen MR) is 94.0 cm³/mol. The van der Waals surface area contributed by atoms with Crippen molar-refractivity contribution < 1.29 is 14.2 Å². The maximum atomic E-state index is 12.4. The molecule has 0 saturated heterocycles. The number of methoxy groups -OCH3 is 3. The van der Waals surface area contributed by atoms with Crippen LogP contribution in [0.2, 0.25) is 0 Å². The molecule has 1 N–H and O–H groups in total. The number of rotatable bonds is 5. The monoisotopic (exact) mass is 341 g/mol. The lowest BCUT2D eigenvalue weighted by Gasteiger charge is -2.14. The van der Waals surface area contributed by atoms with Crippen LogP contribution in [0.15, 0.2) is 41.2 Å². The van der Waals surface area contributed by atoms with Crippen molar-refractivity contribution in [3.05, 3.63) is 52.4 Å². The van der Waals surface area contributed by atoms with E-state index in [0.717, 1.165) is 11.3 Å². The van der Waals surface area contributed by atoms with Gasteiger partial charge in [0, 0.05) is 5.56 Å². The van der Waals surface area contributed by atoms with Crippen LogP contribution in [-0.2, 0) is 0 Å². The van der Waals surface area contributed by atoms with E-state index in [1.807, 2.05) is 31.2 Å². The first kappa shape index (κ1) is 16.6. The topological polar surface area (TPSA) is 78.4 Å². The van der Waals surface area contributed by atoms with Crippen molar-refractivity contribution in [2.45, 2.75) is 6.92 Å². The largest absolute Gasteiger partial charge is 0.493 e. The third-order valence-electron chi connectivity index (χ3n) is 3.95. The Kier molecular flexibility index (Phi) is 4.47. The number of H-pyrrole nitrogens is 1. The quantitative estimate of drug-likeness (QED) is 0.772. The zero-order valence-electron chi connectivity index (χ0n) is 14.5. The molecule has 3 aromatic rings. The number of nitrogens with one attached hydrogen (secondary N) is 1. The van der Waals surface area contributed by atoms with E-state index in [2.05, 4.69) is 10.2 Å². The fourth-order valence-corrected chi connectivity index (χ4v) is 2.74. The molecule has 7 nitrogen and oxygen atoms in total. The van der Waals surface area contributed by atoms with E-state index in [1.54, 1.807) is 26.4 Å². The van der Waals surface area contributed by atoms with E-state index in [0.29, 0.717) is 28.6 Å². The van der Waals surface area contributed by atoms with Gasteiger partial charge in [0.05, 0.1) is 27.0 Å². The van der Waals surface area contributed by atoms with Crippen molar-refractivity contribution in [2.24, 2.45) is 0 Å². The van der Waals surface area contributed by atoms with E-state index < -0.39 is 0 Å². The standard InChI is InChI=1S/C18H19N3O4/c1-11-7-5-6-8-13(11)21-17(19-20-18(21)22)12-9-14(23-2)16(25-4)15(10-12)24-3/h5-10H,1-4H3,(H,20,22). The van der Waals surface area contributed by atoms with Crippen LogP contribution in [0, 0.1) is 6.92 Å². The molecule has 0 spiro atoms. The second-order valence-corrected chi connectivity index (χ2v) is 5.39. The first-order chi connectivity index (χ1) is 12.1. The number of ether oxygens (including phenoxy) is 3. The highest BCUT2D eigenvalue weighted by Gasteiger charge is 2.19. The summed E-state index contributed by atoms with van der Waals surface area (Å²) < 4.78 is 17.6. The number of hydrogen-bond donors (Lipinski definition) is 1. The third kappa shape index (κ3) is 2.84. The lowest BCUT2D eigenvalue weighted by Crippen LogP contribution is -2.16. The van der Waals surface area contributed by atoms with Gasteiger partial charge in [0.15, 0.2) is 17.3 Å². The average Bonchev–Trinajstić information content (AvgIpc) is 3.02. The van der Waals surface area contributed by atoms with Crippen LogP contribution in [0.4, 0.5) is 0 Å². The summed E-state index contributed by atoms with van der Waals surface area (Å²) in [5, 5.41) is 6.69. The summed E-state index contributed by atoms with van der Waals surface area (Å²) in [6.45, 7) is 1.94. The predicted octanol–water partition coefficient (Wildman–Crippen LogP) is 2.56. The molecule has 0 aliphatic rings. The van der Waals surface area contributed by atoms with Crippen LogP contribution < -0.4 is 19.9 Å². The second-order valence-electron chi connectivity index (χ2n) is 5.39. The number of aromatic amines is 1. The van der Waals surface area contributed by atoms with Gasteiger partial charge in [0.2, 0.25) is 5.75 Å². The van der Waals surface area contributed by atoms with Gasteiger partial charge in [-0.15, -0.1) is 0 Å².